The van der Waals surface area contributed by atoms with Crippen molar-refractivity contribution in [3.63, 3.8) is 0 Å². The Hall–Kier alpha value is -2.32. The fraction of sp³-hybridized carbons (Fsp3) is 0.235. The molecule has 1 saturated heterocycles. The second-order valence-electron chi connectivity index (χ2n) is 5.65. The van der Waals surface area contributed by atoms with Gasteiger partial charge in [0.15, 0.2) is 0 Å². The number of carboxylic acid groups (broad SMARTS) is 1. The van der Waals surface area contributed by atoms with Gasteiger partial charge in [0.1, 0.15) is 16.6 Å². The number of hydrogen-bond acceptors (Lipinski definition) is 5. The lowest BCUT2D eigenvalue weighted by Gasteiger charge is -2.10. The first-order chi connectivity index (χ1) is 11.9. The Morgan fingerprint density at radius 3 is 2.84 bits per heavy atom. The lowest BCUT2D eigenvalue weighted by atomic mass is 10.2. The minimum atomic E-state index is -1.09. The highest BCUT2D eigenvalue weighted by Crippen LogP contribution is 2.33. The predicted octanol–water partition coefficient (Wildman–Crippen LogP) is 3.03. The Balaban J connectivity index is 1.88. The monoisotopic (exact) mass is 376 g/mol. The fourth-order valence-electron chi connectivity index (χ4n) is 2.69. The molecule has 0 aromatic carbocycles. The molecule has 1 aliphatic rings. The van der Waals surface area contributed by atoms with Gasteiger partial charge in [0.25, 0.3) is 5.91 Å². The molecule has 0 saturated carbocycles. The summed E-state index contributed by atoms with van der Waals surface area (Å²) in [7, 11) is 0. The van der Waals surface area contributed by atoms with Crippen molar-refractivity contribution in [2.75, 3.05) is 6.54 Å². The molecule has 0 unspecified atom stereocenters. The maximum Gasteiger partial charge on any atom is 0.323 e. The lowest BCUT2D eigenvalue weighted by Crippen LogP contribution is -2.33. The van der Waals surface area contributed by atoms with Crippen LogP contribution < -0.4 is 0 Å². The molecule has 2 aromatic heterocycles. The van der Waals surface area contributed by atoms with Gasteiger partial charge in [-0.05, 0) is 43.7 Å². The zero-order valence-corrected chi connectivity index (χ0v) is 15.3. The molecule has 1 aliphatic heterocycles. The molecule has 0 bridgehead atoms. The van der Waals surface area contributed by atoms with Crippen molar-refractivity contribution in [2.45, 2.75) is 20.4 Å². The summed E-state index contributed by atoms with van der Waals surface area (Å²) in [5.41, 5.74) is 2.94. The molecule has 1 fully saturated rings. The normalized spacial score (nSPS) is 16.2. The number of furan rings is 1. The Morgan fingerprint density at radius 2 is 2.20 bits per heavy atom. The molecule has 3 heterocycles. The van der Waals surface area contributed by atoms with E-state index in [-0.39, 0.29) is 10.2 Å². The number of nitrogens with zero attached hydrogens (tertiary/aromatic N) is 2. The largest absolute Gasteiger partial charge is 0.480 e. The number of aryl methyl sites for hydroxylation is 1. The van der Waals surface area contributed by atoms with Gasteiger partial charge >= 0.3 is 5.97 Å². The van der Waals surface area contributed by atoms with Gasteiger partial charge in [-0.25, -0.2) is 0 Å². The first kappa shape index (κ1) is 17.5. The molecule has 0 atom stereocenters. The Morgan fingerprint density at radius 1 is 1.44 bits per heavy atom. The summed E-state index contributed by atoms with van der Waals surface area (Å²) < 4.78 is 7.76. The van der Waals surface area contributed by atoms with Crippen LogP contribution in [0.3, 0.4) is 0 Å². The van der Waals surface area contributed by atoms with Gasteiger partial charge in [0.2, 0.25) is 0 Å². The average Bonchev–Trinajstić information content (AvgIpc) is 3.21. The summed E-state index contributed by atoms with van der Waals surface area (Å²) in [4.78, 5) is 24.8. The molecule has 25 heavy (non-hydrogen) atoms. The number of thiocarbonyl (C=S) groups is 1. The number of carboxylic acids is 1. The average molecular weight is 376 g/mol. The SMILES string of the molecule is Cc1cc(/C=C2\SC(=S)N(CC(=O)O)C2=O)c(C)n1Cc1ccco1. The molecule has 2 aromatic rings. The molecule has 0 spiro atoms. The first-order valence-electron chi connectivity index (χ1n) is 7.53. The summed E-state index contributed by atoms with van der Waals surface area (Å²) in [6.07, 6.45) is 3.40. The highest BCUT2D eigenvalue weighted by atomic mass is 32.2. The van der Waals surface area contributed by atoms with E-state index in [1.807, 2.05) is 32.0 Å². The van der Waals surface area contributed by atoms with E-state index in [0.717, 1.165) is 39.4 Å². The van der Waals surface area contributed by atoms with Gasteiger partial charge < -0.3 is 14.1 Å². The molecular weight excluding hydrogens is 360 g/mol. The standard InChI is InChI=1S/C17H16N2O4S2/c1-10-6-12(11(2)18(10)8-13-4-3-5-23-13)7-14-16(22)19(9-15(20)21)17(24)25-14/h3-7H,8-9H2,1-2H3,(H,20,21)/b14-7-. The molecule has 6 nitrogen and oxygen atoms in total. The second kappa shape index (κ2) is 6.89. The van der Waals surface area contributed by atoms with E-state index in [4.69, 9.17) is 21.7 Å². The van der Waals surface area contributed by atoms with Gasteiger partial charge in [-0.3, -0.25) is 14.5 Å². The quantitative estimate of drug-likeness (QED) is 0.639. The number of carbonyl (C=O) groups excluding carboxylic acids is 1. The molecule has 0 aliphatic carbocycles. The minimum absolute atomic E-state index is 0.267. The second-order valence-corrected chi connectivity index (χ2v) is 7.33. The third-order valence-corrected chi connectivity index (χ3v) is 5.34. The number of aromatic nitrogens is 1. The van der Waals surface area contributed by atoms with Crippen LogP contribution in [0.1, 0.15) is 22.7 Å². The van der Waals surface area contributed by atoms with E-state index in [1.165, 1.54) is 0 Å². The van der Waals surface area contributed by atoms with Gasteiger partial charge in [-0.15, -0.1) is 0 Å². The van der Waals surface area contributed by atoms with Crippen LogP contribution in [0.2, 0.25) is 0 Å². The Bertz CT molecular complexity index is 881. The number of carbonyl (C=O) groups is 2. The van der Waals surface area contributed by atoms with Crippen molar-refractivity contribution < 1.29 is 19.1 Å². The fourth-order valence-corrected chi connectivity index (χ4v) is 3.93. The van der Waals surface area contributed by atoms with Crippen molar-refractivity contribution in [3.05, 3.63) is 52.1 Å². The van der Waals surface area contributed by atoms with Crippen LogP contribution in [0.15, 0.2) is 33.8 Å². The maximum absolute atomic E-state index is 12.4. The first-order valence-corrected chi connectivity index (χ1v) is 8.75. The number of hydrogen-bond donors (Lipinski definition) is 1. The van der Waals surface area contributed by atoms with Gasteiger partial charge in [0.05, 0.1) is 17.7 Å². The zero-order chi connectivity index (χ0) is 18.1. The lowest BCUT2D eigenvalue weighted by molar-refractivity contribution is -0.140. The van der Waals surface area contributed by atoms with Crippen LogP contribution in [-0.2, 0) is 16.1 Å². The van der Waals surface area contributed by atoms with Crippen LogP contribution in [0.5, 0.6) is 0 Å². The van der Waals surface area contributed by atoms with Crippen molar-refractivity contribution in [1.82, 2.24) is 9.47 Å². The molecule has 130 valence electrons. The van der Waals surface area contributed by atoms with Crippen LogP contribution >= 0.6 is 24.0 Å². The van der Waals surface area contributed by atoms with E-state index in [2.05, 4.69) is 4.57 Å². The van der Waals surface area contributed by atoms with Crippen LogP contribution in [-0.4, -0.2) is 37.3 Å². The molecule has 0 radical (unpaired) electrons. The predicted molar refractivity (Wildman–Crippen MR) is 99.2 cm³/mol. The maximum atomic E-state index is 12.4. The molecule has 1 N–H and O–H groups in total. The molecule has 8 heteroatoms. The topological polar surface area (TPSA) is 75.7 Å². The highest BCUT2D eigenvalue weighted by molar-refractivity contribution is 8.26. The van der Waals surface area contributed by atoms with Crippen molar-refractivity contribution in [2.24, 2.45) is 0 Å². The Kier molecular flexibility index (Phi) is 4.82. The van der Waals surface area contributed by atoms with E-state index < -0.39 is 12.5 Å². The third kappa shape index (κ3) is 3.54. The third-order valence-electron chi connectivity index (χ3n) is 3.96. The van der Waals surface area contributed by atoms with E-state index in [0.29, 0.717) is 11.4 Å². The van der Waals surface area contributed by atoms with E-state index >= 15 is 0 Å². The van der Waals surface area contributed by atoms with Crippen LogP contribution in [0, 0.1) is 13.8 Å². The summed E-state index contributed by atoms with van der Waals surface area (Å²) in [5.74, 6) is -0.608. The van der Waals surface area contributed by atoms with Gasteiger partial charge in [-0.2, -0.15) is 0 Å². The zero-order valence-electron chi connectivity index (χ0n) is 13.7. The smallest absolute Gasteiger partial charge is 0.323 e. The molecule has 3 rings (SSSR count). The highest BCUT2D eigenvalue weighted by Gasteiger charge is 2.33. The molecule has 1 amide bonds. The van der Waals surface area contributed by atoms with Gasteiger partial charge in [0, 0.05) is 11.4 Å². The molecular formula is C17H16N2O4S2. The van der Waals surface area contributed by atoms with Gasteiger partial charge in [-0.1, -0.05) is 24.0 Å². The number of aliphatic carboxylic acids is 1. The summed E-state index contributed by atoms with van der Waals surface area (Å²) in [6, 6.07) is 5.75. The number of rotatable bonds is 5. The van der Waals surface area contributed by atoms with E-state index in [9.17, 15) is 9.59 Å². The van der Waals surface area contributed by atoms with E-state index in [1.54, 1.807) is 12.3 Å². The summed E-state index contributed by atoms with van der Waals surface area (Å²) >= 11 is 6.24. The number of amides is 1. The van der Waals surface area contributed by atoms with Crippen molar-refractivity contribution in [3.8, 4) is 0 Å². The minimum Gasteiger partial charge on any atom is -0.480 e. The number of thioether (sulfide) groups is 1. The van der Waals surface area contributed by atoms with Crippen LogP contribution in [0.4, 0.5) is 0 Å². The summed E-state index contributed by atoms with van der Waals surface area (Å²) in [6.45, 7) is 4.15. The summed E-state index contributed by atoms with van der Waals surface area (Å²) in [5, 5.41) is 8.90. The Labute approximate surface area is 154 Å². The van der Waals surface area contributed by atoms with Crippen molar-refractivity contribution in [1.29, 1.82) is 0 Å². The van der Waals surface area contributed by atoms with Crippen LogP contribution in [0.25, 0.3) is 6.08 Å². The van der Waals surface area contributed by atoms with Crippen molar-refractivity contribution >= 4 is 46.3 Å².